The van der Waals surface area contributed by atoms with E-state index in [-0.39, 0.29) is 18.0 Å². The van der Waals surface area contributed by atoms with Crippen LogP contribution in [0.4, 0.5) is 0 Å². The zero-order valence-electron chi connectivity index (χ0n) is 14.6. The van der Waals surface area contributed by atoms with E-state index in [1.165, 1.54) is 6.42 Å². The highest BCUT2D eigenvalue weighted by Crippen LogP contribution is 2.31. The fourth-order valence-electron chi connectivity index (χ4n) is 3.86. The summed E-state index contributed by atoms with van der Waals surface area (Å²) in [5.74, 6) is 0.135. The highest BCUT2D eigenvalue weighted by Gasteiger charge is 2.30. The van der Waals surface area contributed by atoms with Gasteiger partial charge in [-0.15, -0.1) is 11.3 Å². The average Bonchev–Trinajstić information content (AvgIpc) is 3.15. The number of nitrogens with zero attached hydrogens (tertiary/aromatic N) is 2. The molecule has 0 unspecified atom stereocenters. The van der Waals surface area contributed by atoms with E-state index in [0.717, 1.165) is 39.9 Å². The lowest BCUT2D eigenvalue weighted by molar-refractivity contribution is 0.0513. The molecule has 4 rings (SSSR count). The van der Waals surface area contributed by atoms with Gasteiger partial charge in [-0.3, -0.25) is 4.79 Å². The van der Waals surface area contributed by atoms with E-state index in [1.807, 2.05) is 41.8 Å². The summed E-state index contributed by atoms with van der Waals surface area (Å²) in [6, 6.07) is 14.6. The SMILES string of the molecule is C[C@@H]1CCC[C@H](C)N1C(=O)c1cc(-c2cccs2)nc2ccccc12. The molecule has 2 atom stereocenters. The van der Waals surface area contributed by atoms with Crippen LogP contribution in [0.2, 0.25) is 0 Å². The summed E-state index contributed by atoms with van der Waals surface area (Å²) in [5, 5.41) is 2.99. The van der Waals surface area contributed by atoms with Crippen molar-refractivity contribution in [3.05, 3.63) is 53.4 Å². The molecule has 0 spiro atoms. The maximum Gasteiger partial charge on any atom is 0.255 e. The van der Waals surface area contributed by atoms with Gasteiger partial charge in [0.15, 0.2) is 0 Å². The first-order valence-corrected chi connectivity index (χ1v) is 9.79. The van der Waals surface area contributed by atoms with Crippen molar-refractivity contribution in [2.24, 2.45) is 0 Å². The lowest BCUT2D eigenvalue weighted by Gasteiger charge is -2.39. The van der Waals surface area contributed by atoms with Crippen LogP contribution < -0.4 is 0 Å². The Labute approximate surface area is 152 Å². The van der Waals surface area contributed by atoms with Crippen molar-refractivity contribution < 1.29 is 4.79 Å². The summed E-state index contributed by atoms with van der Waals surface area (Å²) in [6.45, 7) is 4.33. The zero-order chi connectivity index (χ0) is 17.4. The number of thiophene rings is 1. The van der Waals surface area contributed by atoms with Crippen molar-refractivity contribution in [1.29, 1.82) is 0 Å². The van der Waals surface area contributed by atoms with E-state index >= 15 is 0 Å². The Morgan fingerprint density at radius 2 is 1.88 bits per heavy atom. The number of fused-ring (bicyclic) bond motifs is 1. The minimum atomic E-state index is 0.135. The fraction of sp³-hybridized carbons (Fsp3) is 0.333. The van der Waals surface area contributed by atoms with E-state index in [2.05, 4.69) is 24.8 Å². The van der Waals surface area contributed by atoms with E-state index in [1.54, 1.807) is 11.3 Å². The Morgan fingerprint density at radius 3 is 2.60 bits per heavy atom. The summed E-state index contributed by atoms with van der Waals surface area (Å²) in [4.78, 5) is 21.4. The second-order valence-corrected chi connectivity index (χ2v) is 7.84. The van der Waals surface area contributed by atoms with Crippen LogP contribution in [0.3, 0.4) is 0 Å². The van der Waals surface area contributed by atoms with Gasteiger partial charge in [-0.05, 0) is 56.7 Å². The molecule has 3 nitrogen and oxygen atoms in total. The Balaban J connectivity index is 1.86. The van der Waals surface area contributed by atoms with Crippen molar-refractivity contribution in [2.45, 2.75) is 45.2 Å². The number of benzene rings is 1. The average molecular weight is 350 g/mol. The maximum absolute atomic E-state index is 13.5. The Bertz CT molecular complexity index is 893. The highest BCUT2D eigenvalue weighted by atomic mass is 32.1. The van der Waals surface area contributed by atoms with Gasteiger partial charge < -0.3 is 4.90 Å². The number of likely N-dealkylation sites (tertiary alicyclic amines) is 1. The third kappa shape index (κ3) is 2.95. The number of hydrogen-bond donors (Lipinski definition) is 0. The molecule has 0 N–H and O–H groups in total. The molecule has 1 aliphatic heterocycles. The van der Waals surface area contributed by atoms with E-state index < -0.39 is 0 Å². The minimum Gasteiger partial charge on any atom is -0.333 e. The lowest BCUT2D eigenvalue weighted by Crippen LogP contribution is -2.47. The summed E-state index contributed by atoms with van der Waals surface area (Å²) in [7, 11) is 0. The first-order chi connectivity index (χ1) is 12.1. The first kappa shape index (κ1) is 16.3. The molecule has 2 aromatic heterocycles. The number of hydrogen-bond acceptors (Lipinski definition) is 3. The van der Waals surface area contributed by atoms with Gasteiger partial charge in [0, 0.05) is 17.5 Å². The molecule has 1 aromatic carbocycles. The van der Waals surface area contributed by atoms with Gasteiger partial charge >= 0.3 is 0 Å². The summed E-state index contributed by atoms with van der Waals surface area (Å²) in [6.07, 6.45) is 3.36. The van der Waals surface area contributed by atoms with E-state index in [9.17, 15) is 4.79 Å². The Hall–Kier alpha value is -2.20. The molecule has 128 valence electrons. The number of amides is 1. The molecule has 0 radical (unpaired) electrons. The van der Waals surface area contributed by atoms with Crippen LogP contribution in [0.25, 0.3) is 21.5 Å². The third-order valence-corrected chi connectivity index (χ3v) is 6.04. The van der Waals surface area contributed by atoms with Crippen LogP contribution in [0.15, 0.2) is 47.8 Å². The Kier molecular flexibility index (Phi) is 4.30. The normalized spacial score (nSPS) is 20.8. The number of para-hydroxylation sites is 1. The molecular formula is C21H22N2OS. The van der Waals surface area contributed by atoms with Gasteiger partial charge in [-0.2, -0.15) is 0 Å². The minimum absolute atomic E-state index is 0.135. The zero-order valence-corrected chi connectivity index (χ0v) is 15.4. The summed E-state index contributed by atoms with van der Waals surface area (Å²) < 4.78 is 0. The number of carbonyl (C=O) groups excluding carboxylic acids is 1. The van der Waals surface area contributed by atoms with E-state index in [0.29, 0.717) is 0 Å². The van der Waals surface area contributed by atoms with Crippen LogP contribution in [0, 0.1) is 0 Å². The van der Waals surface area contributed by atoms with Crippen molar-refractivity contribution in [1.82, 2.24) is 9.88 Å². The predicted octanol–water partition coefficient (Wildman–Crippen LogP) is 5.37. The number of aromatic nitrogens is 1. The second-order valence-electron chi connectivity index (χ2n) is 6.89. The predicted molar refractivity (Wildman–Crippen MR) is 104 cm³/mol. The molecule has 3 heterocycles. The quantitative estimate of drug-likeness (QED) is 0.623. The largest absolute Gasteiger partial charge is 0.333 e. The van der Waals surface area contributed by atoms with Gasteiger partial charge in [0.05, 0.1) is 21.7 Å². The van der Waals surface area contributed by atoms with Crippen molar-refractivity contribution >= 4 is 28.1 Å². The lowest BCUT2D eigenvalue weighted by atomic mass is 9.95. The number of pyridine rings is 1. The highest BCUT2D eigenvalue weighted by molar-refractivity contribution is 7.13. The molecule has 3 aromatic rings. The molecule has 1 fully saturated rings. The smallest absolute Gasteiger partial charge is 0.255 e. The molecule has 0 saturated carbocycles. The summed E-state index contributed by atoms with van der Waals surface area (Å²) in [5.41, 5.74) is 2.54. The van der Waals surface area contributed by atoms with Gasteiger partial charge in [-0.1, -0.05) is 24.3 Å². The number of piperidine rings is 1. The third-order valence-electron chi connectivity index (χ3n) is 5.15. The van der Waals surface area contributed by atoms with Crippen molar-refractivity contribution in [2.75, 3.05) is 0 Å². The standard InChI is InChI=1S/C21H22N2OS/c1-14-7-5-8-15(2)23(14)21(24)17-13-19(20-11-6-12-25-20)22-18-10-4-3-9-16(17)18/h3-4,6,9-15H,5,7-8H2,1-2H3/t14-,15+. The monoisotopic (exact) mass is 350 g/mol. The van der Waals surface area contributed by atoms with Crippen molar-refractivity contribution in [3.8, 4) is 10.6 Å². The maximum atomic E-state index is 13.5. The molecule has 1 aliphatic rings. The van der Waals surface area contributed by atoms with E-state index in [4.69, 9.17) is 4.98 Å². The molecular weight excluding hydrogens is 328 g/mol. The molecule has 1 amide bonds. The second kappa shape index (κ2) is 6.60. The number of rotatable bonds is 2. The van der Waals surface area contributed by atoms with Crippen LogP contribution in [-0.2, 0) is 0 Å². The molecule has 1 saturated heterocycles. The van der Waals surface area contributed by atoms with Gasteiger partial charge in [-0.25, -0.2) is 4.98 Å². The molecule has 4 heteroatoms. The number of carbonyl (C=O) groups is 1. The van der Waals surface area contributed by atoms with Crippen molar-refractivity contribution in [3.63, 3.8) is 0 Å². The first-order valence-electron chi connectivity index (χ1n) is 8.91. The topological polar surface area (TPSA) is 33.2 Å². The Morgan fingerprint density at radius 1 is 1.12 bits per heavy atom. The molecule has 0 aliphatic carbocycles. The fourth-order valence-corrected chi connectivity index (χ4v) is 4.55. The van der Waals surface area contributed by atoms with Gasteiger partial charge in [0.2, 0.25) is 0 Å². The summed E-state index contributed by atoms with van der Waals surface area (Å²) >= 11 is 1.65. The van der Waals surface area contributed by atoms with Crippen LogP contribution in [-0.4, -0.2) is 27.9 Å². The molecule has 25 heavy (non-hydrogen) atoms. The van der Waals surface area contributed by atoms with Gasteiger partial charge in [0.25, 0.3) is 5.91 Å². The van der Waals surface area contributed by atoms with Crippen LogP contribution in [0.1, 0.15) is 43.5 Å². The molecule has 0 bridgehead atoms. The van der Waals surface area contributed by atoms with Gasteiger partial charge in [0.1, 0.15) is 0 Å². The van der Waals surface area contributed by atoms with Crippen LogP contribution >= 0.6 is 11.3 Å². The van der Waals surface area contributed by atoms with Crippen LogP contribution in [0.5, 0.6) is 0 Å².